The van der Waals surface area contributed by atoms with Crippen molar-refractivity contribution in [3.63, 3.8) is 0 Å². The molecule has 2 nitrogen and oxygen atoms in total. The number of nitrogens with one attached hydrogen (secondary N) is 1. The summed E-state index contributed by atoms with van der Waals surface area (Å²) in [4.78, 5) is 2.30. The van der Waals surface area contributed by atoms with Crippen LogP contribution >= 0.6 is 11.3 Å². The number of aryl methyl sites for hydroxylation is 1. The lowest BCUT2D eigenvalue weighted by Crippen LogP contribution is -2.30. The number of anilines is 1. The molecular weight excluding hydrogens is 264 g/mol. The van der Waals surface area contributed by atoms with E-state index in [4.69, 9.17) is 0 Å². The predicted molar refractivity (Wildman–Crippen MR) is 90.0 cm³/mol. The third-order valence-electron chi connectivity index (χ3n) is 3.58. The smallest absolute Gasteiger partial charge is 0.0364 e. The molecule has 0 unspecified atom stereocenters. The van der Waals surface area contributed by atoms with Crippen molar-refractivity contribution in [2.75, 3.05) is 31.6 Å². The highest BCUT2D eigenvalue weighted by Crippen LogP contribution is 2.13. The highest BCUT2D eigenvalue weighted by Gasteiger charge is 2.00. The molecule has 1 N–H and O–H groups in total. The maximum Gasteiger partial charge on any atom is 0.0364 e. The molecule has 2 rings (SSSR count). The van der Waals surface area contributed by atoms with Crippen LogP contribution in [0.25, 0.3) is 0 Å². The van der Waals surface area contributed by atoms with E-state index in [9.17, 15) is 0 Å². The van der Waals surface area contributed by atoms with E-state index in [0.717, 1.165) is 32.5 Å². The topological polar surface area (TPSA) is 15.3 Å². The summed E-state index contributed by atoms with van der Waals surface area (Å²) in [6.45, 7) is 5.31. The molecule has 0 saturated heterocycles. The van der Waals surface area contributed by atoms with Gasteiger partial charge in [-0.25, -0.2) is 0 Å². The minimum atomic E-state index is 1.02. The van der Waals surface area contributed by atoms with Crippen molar-refractivity contribution in [1.29, 1.82) is 0 Å². The number of likely N-dealkylation sites (N-methyl/N-ethyl adjacent to an activating group) is 1. The van der Waals surface area contributed by atoms with E-state index in [1.807, 2.05) is 0 Å². The van der Waals surface area contributed by atoms with Gasteiger partial charge in [0.15, 0.2) is 0 Å². The second-order valence-corrected chi connectivity index (χ2v) is 5.85. The van der Waals surface area contributed by atoms with Crippen molar-refractivity contribution >= 4 is 17.0 Å². The molecule has 0 fully saturated rings. The average molecular weight is 288 g/mol. The lowest BCUT2D eigenvalue weighted by molar-refractivity contribution is 0.676. The van der Waals surface area contributed by atoms with Crippen molar-refractivity contribution in [2.45, 2.75) is 19.8 Å². The van der Waals surface area contributed by atoms with E-state index in [0.29, 0.717) is 0 Å². The molecule has 20 heavy (non-hydrogen) atoms. The first kappa shape index (κ1) is 15.1. The Kier molecular flexibility index (Phi) is 6.09. The van der Waals surface area contributed by atoms with Gasteiger partial charge in [0, 0.05) is 25.8 Å². The van der Waals surface area contributed by atoms with Crippen LogP contribution in [0.4, 0.5) is 5.69 Å². The molecule has 0 amide bonds. The largest absolute Gasteiger partial charge is 0.373 e. The molecule has 0 saturated carbocycles. The van der Waals surface area contributed by atoms with Gasteiger partial charge in [0.1, 0.15) is 0 Å². The van der Waals surface area contributed by atoms with Crippen molar-refractivity contribution in [1.82, 2.24) is 5.32 Å². The van der Waals surface area contributed by atoms with E-state index in [2.05, 4.69) is 65.3 Å². The molecular formula is C17H24N2S. The van der Waals surface area contributed by atoms with Crippen LogP contribution in [0, 0.1) is 0 Å². The molecule has 3 heteroatoms. The molecule has 0 atom stereocenters. The van der Waals surface area contributed by atoms with Crippen LogP contribution in [-0.4, -0.2) is 26.7 Å². The summed E-state index contributed by atoms with van der Waals surface area (Å²) in [5.74, 6) is 0. The quantitative estimate of drug-likeness (QED) is 0.747. The van der Waals surface area contributed by atoms with Gasteiger partial charge in [0.25, 0.3) is 0 Å². The summed E-state index contributed by atoms with van der Waals surface area (Å²) >= 11 is 1.77. The number of benzene rings is 1. The molecule has 108 valence electrons. The zero-order valence-electron chi connectivity index (χ0n) is 12.4. The minimum absolute atomic E-state index is 1.02. The predicted octanol–water partition coefficient (Wildman–Crippen LogP) is 3.58. The average Bonchev–Trinajstić information content (AvgIpc) is 3.00. The highest BCUT2D eigenvalue weighted by molar-refractivity contribution is 7.07. The van der Waals surface area contributed by atoms with Gasteiger partial charge in [-0.1, -0.05) is 19.1 Å². The van der Waals surface area contributed by atoms with Crippen LogP contribution in [-0.2, 0) is 12.8 Å². The molecule has 0 radical (unpaired) electrons. The monoisotopic (exact) mass is 288 g/mol. The Hall–Kier alpha value is -1.32. The highest BCUT2D eigenvalue weighted by atomic mass is 32.1. The standard InChI is InChI=1S/C17H24N2S/c1-3-15-4-6-17(7-5-15)19(2)12-11-18-10-8-16-9-13-20-14-16/h4-7,9,13-14,18H,3,8,10-12H2,1-2H3. The Bertz CT molecular complexity index is 476. The molecule has 0 aliphatic heterocycles. The Labute approximate surface area is 126 Å². The van der Waals surface area contributed by atoms with Gasteiger partial charge in [-0.15, -0.1) is 0 Å². The second-order valence-electron chi connectivity index (χ2n) is 5.07. The summed E-state index contributed by atoms with van der Waals surface area (Å²) in [5.41, 5.74) is 4.13. The van der Waals surface area contributed by atoms with Crippen molar-refractivity contribution < 1.29 is 0 Å². The summed E-state index contributed by atoms with van der Waals surface area (Å²) < 4.78 is 0. The number of thiophene rings is 1. The fraction of sp³-hybridized carbons (Fsp3) is 0.412. The molecule has 2 aromatic rings. The summed E-state index contributed by atoms with van der Waals surface area (Å²) in [6, 6.07) is 11.1. The molecule has 0 aliphatic rings. The number of rotatable bonds is 8. The number of hydrogen-bond acceptors (Lipinski definition) is 3. The van der Waals surface area contributed by atoms with Gasteiger partial charge in [-0.3, -0.25) is 0 Å². The van der Waals surface area contributed by atoms with Crippen molar-refractivity contribution in [2.24, 2.45) is 0 Å². The van der Waals surface area contributed by atoms with Crippen LogP contribution < -0.4 is 10.2 Å². The SMILES string of the molecule is CCc1ccc(N(C)CCNCCc2ccsc2)cc1. The van der Waals surface area contributed by atoms with Gasteiger partial charge >= 0.3 is 0 Å². The van der Waals surface area contributed by atoms with Crippen molar-refractivity contribution in [3.05, 3.63) is 52.2 Å². The fourth-order valence-corrected chi connectivity index (χ4v) is 2.86. The second kappa shape index (κ2) is 8.08. The fourth-order valence-electron chi connectivity index (χ4n) is 2.15. The van der Waals surface area contributed by atoms with E-state index in [1.165, 1.54) is 16.8 Å². The Balaban J connectivity index is 1.65. The lowest BCUT2D eigenvalue weighted by Gasteiger charge is -2.19. The van der Waals surface area contributed by atoms with Crippen LogP contribution in [0.3, 0.4) is 0 Å². The first-order valence-corrected chi connectivity index (χ1v) is 8.25. The zero-order valence-corrected chi connectivity index (χ0v) is 13.2. The van der Waals surface area contributed by atoms with Crippen molar-refractivity contribution in [3.8, 4) is 0 Å². The van der Waals surface area contributed by atoms with E-state index in [-0.39, 0.29) is 0 Å². The van der Waals surface area contributed by atoms with Crippen LogP contribution in [0.1, 0.15) is 18.1 Å². The molecule has 0 aliphatic carbocycles. The van der Waals surface area contributed by atoms with Gasteiger partial charge in [-0.05, 0) is 59.5 Å². The van der Waals surface area contributed by atoms with Crippen LogP contribution in [0.15, 0.2) is 41.1 Å². The Morgan fingerprint density at radius 2 is 1.85 bits per heavy atom. The van der Waals surface area contributed by atoms with Crippen LogP contribution in [0.2, 0.25) is 0 Å². The Morgan fingerprint density at radius 1 is 1.05 bits per heavy atom. The van der Waals surface area contributed by atoms with Crippen LogP contribution in [0.5, 0.6) is 0 Å². The van der Waals surface area contributed by atoms with E-state index >= 15 is 0 Å². The third kappa shape index (κ3) is 4.66. The number of nitrogens with zero attached hydrogens (tertiary/aromatic N) is 1. The maximum atomic E-state index is 3.51. The molecule has 1 aromatic heterocycles. The van der Waals surface area contributed by atoms with Gasteiger partial charge in [0.2, 0.25) is 0 Å². The van der Waals surface area contributed by atoms with E-state index < -0.39 is 0 Å². The first-order valence-electron chi connectivity index (χ1n) is 7.31. The molecule has 0 spiro atoms. The summed E-state index contributed by atoms with van der Waals surface area (Å²) in [7, 11) is 2.15. The maximum absolute atomic E-state index is 3.51. The Morgan fingerprint density at radius 3 is 2.50 bits per heavy atom. The first-order chi connectivity index (χ1) is 9.79. The van der Waals surface area contributed by atoms with Gasteiger partial charge < -0.3 is 10.2 Å². The minimum Gasteiger partial charge on any atom is -0.373 e. The molecule has 0 bridgehead atoms. The molecule has 1 heterocycles. The lowest BCUT2D eigenvalue weighted by atomic mass is 10.1. The van der Waals surface area contributed by atoms with Gasteiger partial charge in [0.05, 0.1) is 0 Å². The zero-order chi connectivity index (χ0) is 14.2. The summed E-state index contributed by atoms with van der Waals surface area (Å²) in [5, 5.41) is 7.88. The van der Waals surface area contributed by atoms with Gasteiger partial charge in [-0.2, -0.15) is 11.3 Å². The summed E-state index contributed by atoms with van der Waals surface area (Å²) in [6.07, 6.45) is 2.23. The number of hydrogen-bond donors (Lipinski definition) is 1. The molecule has 1 aromatic carbocycles. The van der Waals surface area contributed by atoms with E-state index in [1.54, 1.807) is 11.3 Å². The normalized spacial score (nSPS) is 10.7. The third-order valence-corrected chi connectivity index (χ3v) is 4.31.